The molecule has 0 bridgehead atoms. The molecule has 2 nitrogen and oxygen atoms in total. The van der Waals surface area contributed by atoms with Gasteiger partial charge in [-0.3, -0.25) is 0 Å². The van der Waals surface area contributed by atoms with E-state index in [1.807, 2.05) is 24.3 Å². The molecular weight excluding hydrogens is 892 g/mol. The second kappa shape index (κ2) is 20.5. The molecular formula is C55H55Cl2N2PRu. The largest absolute Gasteiger partial charge is 0.102 e. The number of anilines is 2. The molecule has 2 aliphatic rings. The van der Waals surface area contributed by atoms with Gasteiger partial charge in [0.15, 0.2) is 0 Å². The number of halogens is 2. The fourth-order valence-corrected chi connectivity index (χ4v) is 14.0. The van der Waals surface area contributed by atoms with E-state index in [1.165, 1.54) is 82.9 Å². The van der Waals surface area contributed by atoms with Gasteiger partial charge in [0.2, 0.25) is 0 Å². The average Bonchev–Trinajstić information content (AvgIpc) is 3.83. The smallest absolute Gasteiger partial charge is 0.0620 e. The zero-order chi connectivity index (χ0) is 43.0. The summed E-state index contributed by atoms with van der Waals surface area (Å²) in [6.07, 6.45) is 2.28. The zero-order valence-electron chi connectivity index (χ0n) is 35.9. The van der Waals surface area contributed by atoms with Crippen LogP contribution in [0.3, 0.4) is 0 Å². The van der Waals surface area contributed by atoms with Crippen LogP contribution in [0.15, 0.2) is 176 Å². The Morgan fingerprint density at radius 1 is 0.492 bits per heavy atom. The molecule has 6 heteroatoms. The fraction of sp³-hybridized carbons (Fsp3) is 0.164. The van der Waals surface area contributed by atoms with Gasteiger partial charge >= 0.3 is 120 Å². The van der Waals surface area contributed by atoms with Crippen molar-refractivity contribution in [2.45, 2.75) is 47.7 Å². The van der Waals surface area contributed by atoms with Gasteiger partial charge in [0.1, 0.15) is 15.9 Å². The van der Waals surface area contributed by atoms with Crippen molar-refractivity contribution in [2.24, 2.45) is 0 Å². The van der Waals surface area contributed by atoms with Crippen molar-refractivity contribution in [3.63, 3.8) is 0 Å². The van der Waals surface area contributed by atoms with Gasteiger partial charge in [-0.05, 0) is 106 Å². The first kappa shape index (κ1) is 44.4. The van der Waals surface area contributed by atoms with Crippen LogP contribution in [0.4, 0.5) is 11.4 Å². The van der Waals surface area contributed by atoms with Crippen LogP contribution in [0.5, 0.6) is 0 Å². The van der Waals surface area contributed by atoms with E-state index in [-0.39, 0.29) is 6.17 Å². The quantitative estimate of drug-likeness (QED) is 0.0931. The van der Waals surface area contributed by atoms with Crippen LogP contribution in [0.1, 0.15) is 50.1 Å². The van der Waals surface area contributed by atoms with Crippen molar-refractivity contribution in [3.8, 4) is 0 Å². The van der Waals surface area contributed by atoms with E-state index in [4.69, 9.17) is 19.4 Å². The molecule has 0 aromatic heterocycles. The fourth-order valence-electron chi connectivity index (χ4n) is 8.94. The average molecular weight is 947 g/mol. The number of benzene rings is 7. The Morgan fingerprint density at radius 3 is 1.21 bits per heavy atom. The Labute approximate surface area is 378 Å². The van der Waals surface area contributed by atoms with Crippen LogP contribution < -0.4 is 25.7 Å². The number of rotatable bonds is 6. The number of hydrogen-bond acceptors (Lipinski definition) is 2. The third-order valence-corrected chi connectivity index (χ3v) is 17.2. The zero-order valence-corrected chi connectivity index (χ0v) is 40.2. The van der Waals surface area contributed by atoms with E-state index in [1.54, 1.807) is 0 Å². The van der Waals surface area contributed by atoms with Gasteiger partial charge in [0.25, 0.3) is 0 Å². The van der Waals surface area contributed by atoms with E-state index < -0.39 is 21.4 Å². The maximum atomic E-state index is 6.19. The van der Waals surface area contributed by atoms with Crippen LogP contribution in [-0.4, -0.2) is 23.4 Å². The Kier molecular flexibility index (Phi) is 14.9. The summed E-state index contributed by atoms with van der Waals surface area (Å²) in [5, 5.41) is 4.31. The molecule has 0 unspecified atom stereocenters. The SMILES string of the molecule is [CH2-]C1N(c2c(C)cc(C)cc2C)CCN1c1c(C)cc(C)cc1C.[Cl][Ru]([Cl])=[C]1C=C(c2ccccc2)c2ccccc21.c1ccc([PH+](c2ccccc2)c2ccccc2)cc1. The monoisotopic (exact) mass is 946 g/mol. The molecule has 61 heavy (non-hydrogen) atoms. The molecule has 1 saturated heterocycles. The summed E-state index contributed by atoms with van der Waals surface area (Å²) in [7, 11) is 11.5. The summed E-state index contributed by atoms with van der Waals surface area (Å²) in [6.45, 7) is 19.7. The Balaban J connectivity index is 0.000000140. The summed E-state index contributed by atoms with van der Waals surface area (Å²) >= 11 is -1.88. The van der Waals surface area contributed by atoms with Crippen LogP contribution >= 0.6 is 27.3 Å². The molecule has 7 aromatic carbocycles. The number of allylic oxidation sites excluding steroid dienone is 1. The molecule has 312 valence electrons. The van der Waals surface area contributed by atoms with E-state index in [9.17, 15) is 0 Å². The predicted octanol–water partition coefficient (Wildman–Crippen LogP) is 12.8. The molecule has 1 fully saturated rings. The second-order valence-corrected chi connectivity index (χ2v) is 24.1. The minimum Gasteiger partial charge on any atom is -0.0620 e. The third kappa shape index (κ3) is 10.4. The molecule has 1 aliphatic carbocycles. The summed E-state index contributed by atoms with van der Waals surface area (Å²) in [4.78, 5) is 4.92. The first-order valence-corrected chi connectivity index (χ1v) is 27.7. The van der Waals surface area contributed by atoms with Crippen molar-refractivity contribution < 1.29 is 13.5 Å². The maximum Gasteiger partial charge on any atom is 0.102 e. The van der Waals surface area contributed by atoms with Crippen molar-refractivity contribution in [1.82, 2.24) is 0 Å². The van der Waals surface area contributed by atoms with Crippen molar-refractivity contribution >= 4 is 64.3 Å². The van der Waals surface area contributed by atoms with Crippen molar-refractivity contribution in [1.29, 1.82) is 0 Å². The molecule has 0 N–H and O–H groups in total. The molecule has 0 radical (unpaired) electrons. The minimum atomic E-state index is -1.88. The number of hydrogen-bond donors (Lipinski definition) is 0. The van der Waals surface area contributed by atoms with Gasteiger partial charge in [-0.1, -0.05) is 90.0 Å². The first-order valence-electron chi connectivity index (χ1n) is 20.8. The molecule has 1 aliphatic heterocycles. The summed E-state index contributed by atoms with van der Waals surface area (Å²) in [6, 6.07) is 60.3. The maximum absolute atomic E-state index is 6.19. The van der Waals surface area contributed by atoms with E-state index in [2.05, 4.69) is 210 Å². The summed E-state index contributed by atoms with van der Waals surface area (Å²) < 4.78 is 1.12. The van der Waals surface area contributed by atoms with Gasteiger partial charge in [0, 0.05) is 24.5 Å². The number of nitrogens with zero attached hydrogens (tertiary/aromatic N) is 2. The molecule has 0 amide bonds. The van der Waals surface area contributed by atoms with Gasteiger partial charge in [-0.2, -0.15) is 0 Å². The topological polar surface area (TPSA) is 6.48 Å². The van der Waals surface area contributed by atoms with Crippen molar-refractivity contribution in [3.05, 3.63) is 233 Å². The van der Waals surface area contributed by atoms with Gasteiger partial charge in [0.05, 0.1) is 7.92 Å². The van der Waals surface area contributed by atoms with Crippen LogP contribution in [-0.2, 0) is 13.5 Å². The summed E-state index contributed by atoms with van der Waals surface area (Å²) in [5.74, 6) is 0. The summed E-state index contributed by atoms with van der Waals surface area (Å²) in [5.41, 5.74) is 15.6. The van der Waals surface area contributed by atoms with E-state index >= 15 is 0 Å². The first-order chi connectivity index (χ1) is 29.5. The van der Waals surface area contributed by atoms with Gasteiger partial charge in [-0.25, -0.2) is 0 Å². The molecule has 9 rings (SSSR count). The molecule has 0 spiro atoms. The Bertz CT molecular complexity index is 2440. The normalized spacial score (nSPS) is 13.6. The third-order valence-electron chi connectivity index (χ3n) is 11.3. The standard InChI is InChI=1S/C22H29N2.C18H15P.C15H10.2ClH.Ru/c1-14-10-16(3)21(17(4)11-14)23-8-9-24(20(23)7)22-18(5)12-15(2)13-19(22)6;1-4-10-16(11-5-1)19(17-12-6-2-7-13-17)18-14-8-3-9-15-18;1-2-6-12(7-3-1)15-11-10-13-8-4-5-9-14(13)15;;;/h10-13,20H,7-9H2,1-6H3;1-15H;1-9,11H;2*1H;/q-1;;;;;+2/p-1. The van der Waals surface area contributed by atoms with E-state index in [0.717, 1.165) is 17.2 Å². The van der Waals surface area contributed by atoms with Crippen molar-refractivity contribution in [2.75, 3.05) is 22.9 Å². The molecule has 1 heterocycles. The number of aryl methyl sites for hydroxylation is 6. The van der Waals surface area contributed by atoms with Crippen LogP contribution in [0.2, 0.25) is 0 Å². The van der Waals surface area contributed by atoms with Crippen LogP contribution in [0.25, 0.3) is 5.57 Å². The van der Waals surface area contributed by atoms with Crippen LogP contribution in [0, 0.1) is 48.5 Å². The minimum absolute atomic E-state index is 0.130. The second-order valence-electron chi connectivity index (χ2n) is 15.8. The van der Waals surface area contributed by atoms with E-state index in [0.29, 0.717) is 0 Å². The number of fused-ring (bicyclic) bond motifs is 1. The predicted molar refractivity (Wildman–Crippen MR) is 267 cm³/mol. The van der Waals surface area contributed by atoms with Gasteiger partial charge < -0.3 is 16.7 Å². The molecule has 7 aromatic rings. The molecule has 0 saturated carbocycles. The Morgan fingerprint density at radius 2 is 0.836 bits per heavy atom. The Hall–Kier alpha value is -4.62. The molecule has 0 atom stereocenters. The van der Waals surface area contributed by atoms with Gasteiger partial charge in [-0.15, -0.1) is 0 Å².